The Balaban J connectivity index is 1.74. The molecule has 1 N–H and O–H groups in total. The van der Waals surface area contributed by atoms with Crippen LogP contribution in [0.1, 0.15) is 25.3 Å². The van der Waals surface area contributed by atoms with Crippen LogP contribution in [0.2, 0.25) is 0 Å². The Bertz CT molecular complexity index is 416. The molecule has 1 aliphatic heterocycles. The third-order valence-electron chi connectivity index (χ3n) is 3.90. The molecular weight excluding hydrogens is 268 g/mol. The molecule has 1 aromatic rings. The molecule has 1 atom stereocenters. The Hall–Kier alpha value is -1.00. The molecule has 0 bridgehead atoms. The minimum absolute atomic E-state index is 0.000631. The van der Waals surface area contributed by atoms with Crippen molar-refractivity contribution in [2.45, 2.75) is 32.4 Å². The number of piperidine rings is 1. The largest absolute Gasteiger partial charge is 0.353 e. The van der Waals surface area contributed by atoms with Crippen molar-refractivity contribution in [1.82, 2.24) is 10.2 Å². The normalized spacial score (nSPS) is 18.7. The van der Waals surface area contributed by atoms with Crippen molar-refractivity contribution >= 4 is 18.5 Å². The maximum Gasteiger partial charge on any atom is 0.223 e. The molecule has 4 heteroatoms. The Labute approximate surface area is 127 Å². The minimum atomic E-state index is 0.000631. The zero-order valence-electron chi connectivity index (χ0n) is 12.1. The molecule has 1 amide bonds. The monoisotopic (exact) mass is 292 g/mol. The van der Waals surface area contributed by atoms with Gasteiger partial charge in [0, 0.05) is 37.3 Å². The summed E-state index contributed by atoms with van der Waals surface area (Å²) in [5.74, 6) is 0.751. The van der Waals surface area contributed by atoms with Gasteiger partial charge in [0.15, 0.2) is 0 Å². The fourth-order valence-corrected chi connectivity index (χ4v) is 2.67. The second kappa shape index (κ2) is 7.70. The number of thiol groups is 1. The number of nitrogens with zero attached hydrogens (tertiary/aromatic N) is 1. The van der Waals surface area contributed by atoms with Gasteiger partial charge in [-0.3, -0.25) is 9.69 Å². The second-order valence-electron chi connectivity index (χ2n) is 5.63. The molecule has 0 radical (unpaired) electrons. The number of likely N-dealkylation sites (tertiary alicyclic amines) is 1. The quantitative estimate of drug-likeness (QED) is 0.817. The van der Waals surface area contributed by atoms with Gasteiger partial charge in [0.05, 0.1) is 0 Å². The van der Waals surface area contributed by atoms with Gasteiger partial charge in [-0.2, -0.15) is 12.6 Å². The Kier molecular flexibility index (Phi) is 5.92. The van der Waals surface area contributed by atoms with Crippen LogP contribution in [0.5, 0.6) is 0 Å². The molecule has 1 saturated heterocycles. The molecule has 0 aliphatic carbocycles. The number of carbonyl (C=O) groups is 1. The first-order valence-corrected chi connectivity index (χ1v) is 8.00. The van der Waals surface area contributed by atoms with E-state index in [-0.39, 0.29) is 11.8 Å². The number of hydrogen-bond acceptors (Lipinski definition) is 3. The molecule has 1 aliphatic rings. The topological polar surface area (TPSA) is 32.3 Å². The fraction of sp³-hybridized carbons (Fsp3) is 0.562. The molecule has 20 heavy (non-hydrogen) atoms. The average Bonchev–Trinajstić information content (AvgIpc) is 2.49. The van der Waals surface area contributed by atoms with E-state index in [0.29, 0.717) is 11.8 Å². The lowest BCUT2D eigenvalue weighted by atomic mass is 10.0. The number of rotatable bonds is 5. The number of hydrogen-bond donors (Lipinski definition) is 2. The van der Waals surface area contributed by atoms with Gasteiger partial charge in [0.2, 0.25) is 5.91 Å². The fourth-order valence-electron chi connectivity index (χ4n) is 2.50. The van der Waals surface area contributed by atoms with E-state index in [2.05, 4.69) is 47.1 Å². The highest BCUT2D eigenvalue weighted by Crippen LogP contribution is 2.14. The summed E-state index contributed by atoms with van der Waals surface area (Å²) in [6.07, 6.45) is 2.08. The third-order valence-corrected chi connectivity index (χ3v) is 4.45. The summed E-state index contributed by atoms with van der Waals surface area (Å²) in [6, 6.07) is 10.9. The van der Waals surface area contributed by atoms with Gasteiger partial charge in [-0.25, -0.2) is 0 Å². The molecule has 0 aromatic heterocycles. The van der Waals surface area contributed by atoms with E-state index in [4.69, 9.17) is 0 Å². The highest BCUT2D eigenvalue weighted by Gasteiger charge is 2.22. The summed E-state index contributed by atoms with van der Waals surface area (Å²) in [7, 11) is 0. The van der Waals surface area contributed by atoms with Crippen LogP contribution in [0.4, 0.5) is 0 Å². The molecule has 1 unspecified atom stereocenters. The lowest BCUT2D eigenvalue weighted by Gasteiger charge is -2.32. The van der Waals surface area contributed by atoms with Crippen LogP contribution in [-0.2, 0) is 11.3 Å². The van der Waals surface area contributed by atoms with Gasteiger partial charge in [0.1, 0.15) is 0 Å². The van der Waals surface area contributed by atoms with E-state index in [9.17, 15) is 4.79 Å². The molecule has 110 valence electrons. The molecular formula is C16H24N2OS. The Morgan fingerprint density at radius 1 is 1.35 bits per heavy atom. The van der Waals surface area contributed by atoms with Gasteiger partial charge >= 0.3 is 0 Å². The van der Waals surface area contributed by atoms with Gasteiger partial charge in [-0.15, -0.1) is 0 Å². The molecule has 3 nitrogen and oxygen atoms in total. The first kappa shape index (κ1) is 15.4. The van der Waals surface area contributed by atoms with Crippen molar-refractivity contribution in [3.63, 3.8) is 0 Å². The van der Waals surface area contributed by atoms with E-state index < -0.39 is 0 Å². The van der Waals surface area contributed by atoms with Crippen molar-refractivity contribution in [3.8, 4) is 0 Å². The minimum Gasteiger partial charge on any atom is -0.353 e. The van der Waals surface area contributed by atoms with Gasteiger partial charge in [0.25, 0.3) is 0 Å². The zero-order valence-corrected chi connectivity index (χ0v) is 13.0. The first-order valence-electron chi connectivity index (χ1n) is 7.36. The summed E-state index contributed by atoms with van der Waals surface area (Å²) >= 11 is 4.17. The van der Waals surface area contributed by atoms with Crippen molar-refractivity contribution < 1.29 is 4.79 Å². The van der Waals surface area contributed by atoms with E-state index in [1.807, 2.05) is 13.0 Å². The summed E-state index contributed by atoms with van der Waals surface area (Å²) in [5.41, 5.74) is 1.36. The SMILES string of the molecule is CC(CS)C(=O)NC1CCN(Cc2ccccc2)CC1. The van der Waals surface area contributed by atoms with Crippen LogP contribution >= 0.6 is 12.6 Å². The van der Waals surface area contributed by atoms with Crippen LogP contribution in [0.25, 0.3) is 0 Å². The zero-order chi connectivity index (χ0) is 14.4. The number of amides is 1. The van der Waals surface area contributed by atoms with Crippen molar-refractivity contribution in [1.29, 1.82) is 0 Å². The standard InChI is InChI=1S/C16H24N2OS/c1-13(12-20)16(19)17-15-7-9-18(10-8-15)11-14-5-3-2-4-6-14/h2-6,13,15,20H,7-12H2,1H3,(H,17,19). The predicted octanol–water partition coefficient (Wildman–Crippen LogP) is 2.33. The summed E-state index contributed by atoms with van der Waals surface area (Å²) in [6.45, 7) is 5.03. The Morgan fingerprint density at radius 3 is 2.60 bits per heavy atom. The highest BCUT2D eigenvalue weighted by molar-refractivity contribution is 7.80. The molecule has 0 saturated carbocycles. The van der Waals surface area contributed by atoms with E-state index in [0.717, 1.165) is 32.5 Å². The van der Waals surface area contributed by atoms with E-state index in [1.54, 1.807) is 0 Å². The highest BCUT2D eigenvalue weighted by atomic mass is 32.1. The van der Waals surface area contributed by atoms with Crippen LogP contribution in [0.15, 0.2) is 30.3 Å². The lowest BCUT2D eigenvalue weighted by Crippen LogP contribution is -2.46. The molecule has 1 aromatic carbocycles. The molecule has 1 fully saturated rings. The van der Waals surface area contributed by atoms with Crippen molar-refractivity contribution in [2.24, 2.45) is 5.92 Å². The predicted molar refractivity (Wildman–Crippen MR) is 85.9 cm³/mol. The van der Waals surface area contributed by atoms with Gasteiger partial charge in [-0.1, -0.05) is 37.3 Å². The lowest BCUT2D eigenvalue weighted by molar-refractivity contribution is -0.124. The smallest absolute Gasteiger partial charge is 0.223 e. The number of nitrogens with one attached hydrogen (secondary N) is 1. The maximum absolute atomic E-state index is 11.8. The van der Waals surface area contributed by atoms with Gasteiger partial charge in [-0.05, 0) is 18.4 Å². The van der Waals surface area contributed by atoms with Crippen molar-refractivity contribution in [2.75, 3.05) is 18.8 Å². The number of benzene rings is 1. The van der Waals surface area contributed by atoms with Crippen LogP contribution in [-0.4, -0.2) is 35.7 Å². The number of carbonyl (C=O) groups excluding carboxylic acids is 1. The molecule has 0 spiro atoms. The van der Waals surface area contributed by atoms with Crippen LogP contribution < -0.4 is 5.32 Å². The second-order valence-corrected chi connectivity index (χ2v) is 5.99. The average molecular weight is 292 g/mol. The first-order chi connectivity index (χ1) is 9.69. The van der Waals surface area contributed by atoms with Crippen LogP contribution in [0.3, 0.4) is 0 Å². The van der Waals surface area contributed by atoms with E-state index >= 15 is 0 Å². The van der Waals surface area contributed by atoms with E-state index in [1.165, 1.54) is 5.56 Å². The molecule has 2 rings (SSSR count). The Morgan fingerprint density at radius 2 is 2.00 bits per heavy atom. The third kappa shape index (κ3) is 4.53. The summed E-state index contributed by atoms with van der Waals surface area (Å²) in [5, 5.41) is 3.14. The van der Waals surface area contributed by atoms with Gasteiger partial charge < -0.3 is 5.32 Å². The van der Waals surface area contributed by atoms with Crippen molar-refractivity contribution in [3.05, 3.63) is 35.9 Å². The maximum atomic E-state index is 11.8. The molecule has 1 heterocycles. The van der Waals surface area contributed by atoms with Crippen LogP contribution in [0, 0.1) is 5.92 Å². The summed E-state index contributed by atoms with van der Waals surface area (Å²) in [4.78, 5) is 14.3. The summed E-state index contributed by atoms with van der Waals surface area (Å²) < 4.78 is 0.